The number of carbonyl (C=O) groups is 1. The van der Waals surface area contributed by atoms with Gasteiger partial charge in [0.15, 0.2) is 0 Å². The first-order valence-electron chi connectivity index (χ1n) is 6.07. The average molecular weight is 344 g/mol. The second-order valence-electron chi connectivity index (χ2n) is 4.68. The van der Waals surface area contributed by atoms with Gasteiger partial charge in [-0.05, 0) is 40.0 Å². The van der Waals surface area contributed by atoms with E-state index in [2.05, 4.69) is 22.0 Å². The second-order valence-corrected chi connectivity index (χ2v) is 5.94. The van der Waals surface area contributed by atoms with Crippen LogP contribution < -0.4 is 0 Å². The number of carbonyl (C=O) groups excluding carboxylic acids is 1. The predicted octanol–water partition coefficient (Wildman–Crippen LogP) is 4.11. The molecule has 0 radical (unpaired) electrons. The third kappa shape index (κ3) is 4.85. The minimum absolute atomic E-state index is 0.0682. The number of halogens is 2. The van der Waals surface area contributed by atoms with Gasteiger partial charge in [-0.3, -0.25) is 4.79 Å². The Bertz CT molecular complexity index is 497. The summed E-state index contributed by atoms with van der Waals surface area (Å²) in [6.07, 6.45) is 0.340. The Morgan fingerprint density at radius 2 is 2.21 bits per heavy atom. The van der Waals surface area contributed by atoms with Crippen LogP contribution >= 0.6 is 27.5 Å². The van der Waals surface area contributed by atoms with Crippen LogP contribution in [-0.2, 0) is 0 Å². The molecule has 0 saturated carbocycles. The van der Waals surface area contributed by atoms with Crippen LogP contribution in [0.4, 0.5) is 0 Å². The first-order chi connectivity index (χ1) is 8.95. The summed E-state index contributed by atoms with van der Waals surface area (Å²) in [6, 6.07) is 7.18. The monoisotopic (exact) mass is 342 g/mol. The normalized spacial score (nSPS) is 10.3. The minimum atomic E-state index is -0.0682. The molecule has 0 spiro atoms. The van der Waals surface area contributed by atoms with Gasteiger partial charge in [-0.25, -0.2) is 0 Å². The number of benzene rings is 1. The molecule has 1 aromatic carbocycles. The van der Waals surface area contributed by atoms with Crippen LogP contribution in [0.15, 0.2) is 22.7 Å². The van der Waals surface area contributed by atoms with Gasteiger partial charge < -0.3 is 4.90 Å². The molecule has 0 aromatic heterocycles. The summed E-state index contributed by atoms with van der Waals surface area (Å²) in [6.45, 7) is 5.18. The van der Waals surface area contributed by atoms with Crippen molar-refractivity contribution < 1.29 is 4.79 Å². The second kappa shape index (κ2) is 7.52. The first-order valence-corrected chi connectivity index (χ1v) is 7.24. The zero-order valence-electron chi connectivity index (χ0n) is 11.0. The Hall–Kier alpha value is -1.05. The summed E-state index contributed by atoms with van der Waals surface area (Å²) in [5.74, 6) is 0.291. The van der Waals surface area contributed by atoms with Crippen LogP contribution in [0.25, 0.3) is 0 Å². The predicted molar refractivity (Wildman–Crippen MR) is 80.1 cm³/mol. The Labute approximate surface area is 127 Å². The van der Waals surface area contributed by atoms with Crippen molar-refractivity contribution in [3.05, 3.63) is 33.3 Å². The SMILES string of the molecule is CC(C)CN(CCC#N)C(=O)c1ccc(Cl)c(Br)c1. The van der Waals surface area contributed by atoms with Crippen LogP contribution in [0.2, 0.25) is 5.02 Å². The molecule has 19 heavy (non-hydrogen) atoms. The number of amides is 1. The molecule has 0 fully saturated rings. The van der Waals surface area contributed by atoms with Gasteiger partial charge in [0.1, 0.15) is 0 Å². The summed E-state index contributed by atoms with van der Waals surface area (Å²) in [5.41, 5.74) is 0.579. The van der Waals surface area contributed by atoms with Gasteiger partial charge in [-0.15, -0.1) is 0 Å². The number of nitrogens with zero attached hydrogens (tertiary/aromatic N) is 2. The van der Waals surface area contributed by atoms with Crippen molar-refractivity contribution in [1.29, 1.82) is 5.26 Å². The molecular weight excluding hydrogens is 328 g/mol. The van der Waals surface area contributed by atoms with E-state index in [-0.39, 0.29) is 5.91 Å². The molecule has 102 valence electrons. The van der Waals surface area contributed by atoms with Crippen molar-refractivity contribution in [2.45, 2.75) is 20.3 Å². The summed E-state index contributed by atoms with van der Waals surface area (Å²) in [5, 5.41) is 9.24. The van der Waals surface area contributed by atoms with E-state index < -0.39 is 0 Å². The third-order valence-electron chi connectivity index (χ3n) is 2.53. The van der Waals surface area contributed by atoms with E-state index in [9.17, 15) is 4.79 Å². The van der Waals surface area contributed by atoms with Crippen molar-refractivity contribution in [2.75, 3.05) is 13.1 Å². The molecule has 0 aliphatic carbocycles. The first kappa shape index (κ1) is 16.0. The van der Waals surface area contributed by atoms with Gasteiger partial charge >= 0.3 is 0 Å². The fraction of sp³-hybridized carbons (Fsp3) is 0.429. The minimum Gasteiger partial charge on any atom is -0.337 e. The lowest BCUT2D eigenvalue weighted by Gasteiger charge is -2.23. The highest BCUT2D eigenvalue weighted by Gasteiger charge is 2.17. The maximum atomic E-state index is 12.4. The van der Waals surface area contributed by atoms with Crippen molar-refractivity contribution in [1.82, 2.24) is 4.90 Å². The molecular formula is C14H16BrClN2O. The molecule has 1 rings (SSSR count). The zero-order chi connectivity index (χ0) is 14.4. The number of rotatable bonds is 5. The molecule has 0 heterocycles. The lowest BCUT2D eigenvalue weighted by atomic mass is 10.1. The van der Waals surface area contributed by atoms with Gasteiger partial charge in [0, 0.05) is 23.1 Å². The standard InChI is InChI=1S/C14H16BrClN2O/c1-10(2)9-18(7-3-6-17)14(19)11-4-5-13(16)12(15)8-11/h4-5,8,10H,3,7,9H2,1-2H3. The number of hydrogen-bond donors (Lipinski definition) is 0. The molecule has 0 atom stereocenters. The summed E-state index contributed by atoms with van der Waals surface area (Å²) < 4.78 is 0.699. The maximum Gasteiger partial charge on any atom is 0.253 e. The molecule has 5 heteroatoms. The molecule has 3 nitrogen and oxygen atoms in total. The van der Waals surface area contributed by atoms with E-state index in [0.29, 0.717) is 40.5 Å². The van der Waals surface area contributed by atoms with Crippen molar-refractivity contribution in [2.24, 2.45) is 5.92 Å². The van der Waals surface area contributed by atoms with Crippen LogP contribution in [0.5, 0.6) is 0 Å². The van der Waals surface area contributed by atoms with Gasteiger partial charge in [-0.1, -0.05) is 25.4 Å². The van der Waals surface area contributed by atoms with E-state index in [0.717, 1.165) is 0 Å². The Balaban J connectivity index is 2.91. The van der Waals surface area contributed by atoms with Crippen LogP contribution in [0.1, 0.15) is 30.6 Å². The lowest BCUT2D eigenvalue weighted by Crippen LogP contribution is -2.35. The van der Waals surface area contributed by atoms with Gasteiger partial charge in [-0.2, -0.15) is 5.26 Å². The van der Waals surface area contributed by atoms with Crippen LogP contribution in [-0.4, -0.2) is 23.9 Å². The maximum absolute atomic E-state index is 12.4. The quantitative estimate of drug-likeness (QED) is 0.807. The molecule has 0 saturated heterocycles. The highest BCUT2D eigenvalue weighted by molar-refractivity contribution is 9.10. The molecule has 0 N–H and O–H groups in total. The molecule has 0 bridgehead atoms. The molecule has 1 amide bonds. The van der Waals surface area contributed by atoms with E-state index in [1.165, 1.54) is 0 Å². The highest BCUT2D eigenvalue weighted by Crippen LogP contribution is 2.24. The number of nitriles is 1. The zero-order valence-corrected chi connectivity index (χ0v) is 13.3. The Morgan fingerprint density at radius 1 is 1.53 bits per heavy atom. The largest absolute Gasteiger partial charge is 0.337 e. The fourth-order valence-electron chi connectivity index (χ4n) is 1.71. The molecule has 0 unspecified atom stereocenters. The van der Waals surface area contributed by atoms with E-state index >= 15 is 0 Å². The fourth-order valence-corrected chi connectivity index (χ4v) is 2.21. The molecule has 1 aromatic rings. The van der Waals surface area contributed by atoms with Crippen molar-refractivity contribution in [3.8, 4) is 6.07 Å². The average Bonchev–Trinajstić information content (AvgIpc) is 2.36. The lowest BCUT2D eigenvalue weighted by molar-refractivity contribution is 0.0740. The van der Waals surface area contributed by atoms with Gasteiger partial charge in [0.25, 0.3) is 5.91 Å². The van der Waals surface area contributed by atoms with E-state index in [1.54, 1.807) is 23.1 Å². The van der Waals surface area contributed by atoms with E-state index in [1.807, 2.05) is 13.8 Å². The summed E-state index contributed by atoms with van der Waals surface area (Å²) >= 11 is 9.23. The van der Waals surface area contributed by atoms with Crippen molar-refractivity contribution in [3.63, 3.8) is 0 Å². The molecule has 0 aliphatic rings. The van der Waals surface area contributed by atoms with Crippen LogP contribution in [0.3, 0.4) is 0 Å². The topological polar surface area (TPSA) is 44.1 Å². The third-order valence-corrected chi connectivity index (χ3v) is 3.75. The summed E-state index contributed by atoms with van der Waals surface area (Å²) in [4.78, 5) is 14.1. The van der Waals surface area contributed by atoms with Crippen molar-refractivity contribution >= 4 is 33.4 Å². The molecule has 0 aliphatic heterocycles. The Morgan fingerprint density at radius 3 is 2.74 bits per heavy atom. The smallest absolute Gasteiger partial charge is 0.253 e. The Kier molecular flexibility index (Phi) is 6.33. The van der Waals surface area contributed by atoms with E-state index in [4.69, 9.17) is 16.9 Å². The number of hydrogen-bond acceptors (Lipinski definition) is 2. The summed E-state index contributed by atoms with van der Waals surface area (Å²) in [7, 11) is 0. The van der Waals surface area contributed by atoms with Crippen LogP contribution in [0, 0.1) is 17.2 Å². The van der Waals surface area contributed by atoms with Gasteiger partial charge in [0.05, 0.1) is 17.5 Å². The highest BCUT2D eigenvalue weighted by atomic mass is 79.9. The van der Waals surface area contributed by atoms with Gasteiger partial charge in [0.2, 0.25) is 0 Å².